The minimum absolute atomic E-state index is 0.644. The number of halogens is 2. The van der Waals surface area contributed by atoms with E-state index in [0.29, 0.717) is 0 Å². The molecule has 2 aromatic rings. The van der Waals surface area contributed by atoms with Gasteiger partial charge in [0.25, 0.3) is 0 Å². The molecule has 0 radical (unpaired) electrons. The second-order valence-corrected chi connectivity index (χ2v) is 7.30. The summed E-state index contributed by atoms with van der Waals surface area (Å²) < 4.78 is 7.35. The Morgan fingerprint density at radius 3 is 2.38 bits per heavy atom. The first kappa shape index (κ1) is 12.4. The van der Waals surface area contributed by atoms with Gasteiger partial charge in [0.05, 0.1) is 7.57 Å². The Bertz CT molecular complexity index is 470. The lowest BCUT2D eigenvalue weighted by atomic mass is 10.1. The number of hydrogen-bond donors (Lipinski definition) is 1. The van der Waals surface area contributed by atoms with E-state index in [-0.39, 0.29) is 0 Å². The number of aliphatic hydroxyl groups excluding tert-OH is 1. The molecule has 2 aromatic heterocycles. The predicted octanol–water partition coefficient (Wildman–Crippen LogP) is 4.56. The largest absolute Gasteiger partial charge is 0.466 e. The molecule has 16 heavy (non-hydrogen) atoms. The van der Waals surface area contributed by atoms with Crippen molar-refractivity contribution < 1.29 is 9.52 Å². The van der Waals surface area contributed by atoms with Crippen LogP contribution < -0.4 is 0 Å². The molecule has 0 bridgehead atoms. The monoisotopic (exact) mass is 364 g/mol. The topological polar surface area (TPSA) is 33.4 Å². The summed E-state index contributed by atoms with van der Waals surface area (Å²) in [6.45, 7) is 3.74. The Morgan fingerprint density at radius 2 is 1.94 bits per heavy atom. The fourth-order valence-electron chi connectivity index (χ4n) is 1.63. The van der Waals surface area contributed by atoms with Gasteiger partial charge >= 0.3 is 0 Å². The van der Waals surface area contributed by atoms with E-state index in [2.05, 4.69) is 31.9 Å². The summed E-state index contributed by atoms with van der Waals surface area (Å²) in [6, 6.07) is 3.79. The van der Waals surface area contributed by atoms with Gasteiger partial charge in [-0.05, 0) is 57.8 Å². The van der Waals surface area contributed by atoms with Crippen LogP contribution >= 0.6 is 43.2 Å². The zero-order valence-electron chi connectivity index (χ0n) is 8.75. The summed E-state index contributed by atoms with van der Waals surface area (Å²) in [5.74, 6) is 1.58. The third kappa shape index (κ3) is 2.27. The van der Waals surface area contributed by atoms with Crippen molar-refractivity contribution in [2.45, 2.75) is 20.0 Å². The van der Waals surface area contributed by atoms with Crippen LogP contribution in [0.25, 0.3) is 0 Å². The first-order valence-corrected chi connectivity index (χ1v) is 7.09. The van der Waals surface area contributed by atoms with Crippen molar-refractivity contribution in [3.8, 4) is 0 Å². The molecule has 0 aromatic carbocycles. The Hall–Kier alpha value is -0.100. The lowest BCUT2D eigenvalue weighted by Gasteiger charge is -2.08. The van der Waals surface area contributed by atoms with E-state index in [0.717, 1.165) is 30.2 Å². The molecule has 0 saturated heterocycles. The molecule has 0 aliphatic rings. The van der Waals surface area contributed by atoms with Gasteiger partial charge < -0.3 is 9.52 Å². The summed E-state index contributed by atoms with van der Waals surface area (Å²) in [5.41, 5.74) is 1.68. The third-order valence-electron chi connectivity index (χ3n) is 2.35. The van der Waals surface area contributed by atoms with Crippen LogP contribution in [0.5, 0.6) is 0 Å². The Kier molecular flexibility index (Phi) is 3.59. The number of thiophene rings is 1. The van der Waals surface area contributed by atoms with Gasteiger partial charge in [-0.25, -0.2) is 0 Å². The van der Waals surface area contributed by atoms with E-state index in [4.69, 9.17) is 4.42 Å². The smallest absolute Gasteiger partial charge is 0.109 e. The zero-order chi connectivity index (χ0) is 11.9. The van der Waals surface area contributed by atoms with Gasteiger partial charge in [-0.2, -0.15) is 0 Å². The summed E-state index contributed by atoms with van der Waals surface area (Å²) in [5, 5.41) is 10.3. The summed E-state index contributed by atoms with van der Waals surface area (Å²) in [4.78, 5) is 0. The fourth-order valence-corrected chi connectivity index (χ4v) is 4.51. The minimum Gasteiger partial charge on any atom is -0.466 e. The van der Waals surface area contributed by atoms with Gasteiger partial charge in [-0.1, -0.05) is 0 Å². The first-order valence-electron chi connectivity index (χ1n) is 4.68. The molecule has 0 saturated carbocycles. The van der Waals surface area contributed by atoms with Gasteiger partial charge in [0.15, 0.2) is 0 Å². The van der Waals surface area contributed by atoms with Crippen LogP contribution in [0.15, 0.2) is 24.1 Å². The second-order valence-electron chi connectivity index (χ2n) is 3.55. The van der Waals surface area contributed by atoms with E-state index < -0.39 is 6.10 Å². The zero-order valence-corrected chi connectivity index (χ0v) is 12.7. The fraction of sp³-hybridized carbons (Fsp3) is 0.273. The lowest BCUT2D eigenvalue weighted by Crippen LogP contribution is -1.98. The van der Waals surface area contributed by atoms with Crippen molar-refractivity contribution in [2.75, 3.05) is 0 Å². The lowest BCUT2D eigenvalue weighted by molar-refractivity contribution is 0.217. The van der Waals surface area contributed by atoms with Crippen LogP contribution in [-0.2, 0) is 0 Å². The SMILES string of the molecule is Cc1cc(C(O)c2cc(Br)sc2Br)c(C)o1. The van der Waals surface area contributed by atoms with Gasteiger partial charge in [-0.15, -0.1) is 11.3 Å². The van der Waals surface area contributed by atoms with E-state index in [1.807, 2.05) is 26.0 Å². The van der Waals surface area contributed by atoms with Crippen LogP contribution in [0.2, 0.25) is 0 Å². The maximum Gasteiger partial charge on any atom is 0.109 e. The van der Waals surface area contributed by atoms with E-state index in [9.17, 15) is 5.11 Å². The van der Waals surface area contributed by atoms with Gasteiger partial charge in [-0.3, -0.25) is 0 Å². The molecule has 1 unspecified atom stereocenters. The number of hydrogen-bond acceptors (Lipinski definition) is 3. The molecule has 0 spiro atoms. The van der Waals surface area contributed by atoms with Crippen LogP contribution in [-0.4, -0.2) is 5.11 Å². The Labute approximate surface area is 115 Å². The molecule has 0 aliphatic carbocycles. The average molecular weight is 366 g/mol. The molecule has 1 N–H and O–H groups in total. The standard InChI is InChI=1S/C11H10Br2O2S/c1-5-3-7(6(2)15-5)10(14)8-4-9(12)16-11(8)13/h3-4,10,14H,1-2H3. The van der Waals surface area contributed by atoms with E-state index >= 15 is 0 Å². The van der Waals surface area contributed by atoms with Crippen LogP contribution in [0.3, 0.4) is 0 Å². The van der Waals surface area contributed by atoms with Crippen LogP contribution in [0.4, 0.5) is 0 Å². The molecule has 2 rings (SSSR count). The number of furan rings is 1. The highest BCUT2D eigenvalue weighted by Crippen LogP contribution is 2.38. The second kappa shape index (κ2) is 4.64. The highest BCUT2D eigenvalue weighted by Gasteiger charge is 2.20. The van der Waals surface area contributed by atoms with Gasteiger partial charge in [0.1, 0.15) is 17.6 Å². The highest BCUT2D eigenvalue weighted by atomic mass is 79.9. The van der Waals surface area contributed by atoms with Crippen molar-refractivity contribution in [1.29, 1.82) is 0 Å². The molecular weight excluding hydrogens is 356 g/mol. The van der Waals surface area contributed by atoms with E-state index in [1.165, 1.54) is 0 Å². The molecule has 0 aliphatic heterocycles. The van der Waals surface area contributed by atoms with Crippen molar-refractivity contribution in [3.63, 3.8) is 0 Å². The van der Waals surface area contributed by atoms with Crippen LogP contribution in [0, 0.1) is 13.8 Å². The number of aliphatic hydroxyl groups is 1. The Morgan fingerprint density at radius 1 is 1.25 bits per heavy atom. The molecule has 2 nitrogen and oxygen atoms in total. The van der Waals surface area contributed by atoms with Gasteiger partial charge in [0.2, 0.25) is 0 Å². The summed E-state index contributed by atoms with van der Waals surface area (Å²) >= 11 is 8.39. The first-order chi connectivity index (χ1) is 7.49. The van der Waals surface area contributed by atoms with Crippen LogP contribution in [0.1, 0.15) is 28.8 Å². The maximum absolute atomic E-state index is 10.3. The molecule has 86 valence electrons. The minimum atomic E-state index is -0.644. The average Bonchev–Trinajstić information content (AvgIpc) is 2.68. The van der Waals surface area contributed by atoms with Crippen molar-refractivity contribution in [3.05, 3.63) is 42.4 Å². The molecule has 2 heterocycles. The van der Waals surface area contributed by atoms with E-state index in [1.54, 1.807) is 11.3 Å². The molecule has 5 heteroatoms. The maximum atomic E-state index is 10.3. The van der Waals surface area contributed by atoms with Crippen molar-refractivity contribution >= 4 is 43.2 Å². The van der Waals surface area contributed by atoms with Crippen molar-refractivity contribution in [1.82, 2.24) is 0 Å². The highest BCUT2D eigenvalue weighted by molar-refractivity contribution is 9.12. The molecule has 1 atom stereocenters. The normalized spacial score (nSPS) is 13.1. The summed E-state index contributed by atoms with van der Waals surface area (Å²) in [6.07, 6.45) is -0.644. The molecule has 0 amide bonds. The predicted molar refractivity (Wildman–Crippen MR) is 72.0 cm³/mol. The number of aryl methyl sites for hydroxylation is 2. The van der Waals surface area contributed by atoms with Crippen molar-refractivity contribution in [2.24, 2.45) is 0 Å². The van der Waals surface area contributed by atoms with Gasteiger partial charge in [0, 0.05) is 11.1 Å². The molecular formula is C11H10Br2O2S. The Balaban J connectivity index is 2.42. The third-order valence-corrected chi connectivity index (χ3v) is 4.74. The molecule has 0 fully saturated rings. The quantitative estimate of drug-likeness (QED) is 0.845. The number of rotatable bonds is 2. The summed E-state index contributed by atoms with van der Waals surface area (Å²) in [7, 11) is 0.